The number of para-hydroxylation sites is 2. The van der Waals surface area contributed by atoms with Crippen LogP contribution in [0.5, 0.6) is 5.75 Å². The van der Waals surface area contributed by atoms with Gasteiger partial charge in [0, 0.05) is 5.69 Å². The number of ether oxygens (including phenoxy) is 1. The van der Waals surface area contributed by atoms with Crippen LogP contribution in [-0.4, -0.2) is 12.0 Å². The third-order valence-corrected chi connectivity index (χ3v) is 3.26. The molecule has 0 aliphatic carbocycles. The monoisotopic (exact) mass is 283 g/mol. The summed E-state index contributed by atoms with van der Waals surface area (Å²) in [5, 5.41) is 2.85. The number of hydrogen-bond acceptors (Lipinski definition) is 2. The fourth-order valence-electron chi connectivity index (χ4n) is 2.07. The van der Waals surface area contributed by atoms with E-state index < -0.39 is 6.10 Å². The molecule has 0 heterocycles. The normalized spacial score (nSPS) is 12.0. The van der Waals surface area contributed by atoms with Crippen molar-refractivity contribution in [3.8, 4) is 5.75 Å². The molecule has 0 radical (unpaired) electrons. The quantitative estimate of drug-likeness (QED) is 0.892. The Morgan fingerprint density at radius 2 is 1.57 bits per heavy atom. The Labute approximate surface area is 126 Å². The van der Waals surface area contributed by atoms with Gasteiger partial charge >= 0.3 is 0 Å². The van der Waals surface area contributed by atoms with Gasteiger partial charge in [-0.1, -0.05) is 50.2 Å². The van der Waals surface area contributed by atoms with Gasteiger partial charge in [-0.05, 0) is 36.6 Å². The highest BCUT2D eigenvalue weighted by molar-refractivity contribution is 5.94. The van der Waals surface area contributed by atoms with Crippen molar-refractivity contribution in [2.75, 3.05) is 5.32 Å². The number of nitrogens with one attached hydrogen (secondary N) is 1. The van der Waals surface area contributed by atoms with Crippen LogP contribution in [0.4, 0.5) is 5.69 Å². The molecular weight excluding hydrogens is 262 g/mol. The Hall–Kier alpha value is -2.29. The molecule has 0 saturated carbocycles. The molecule has 0 aromatic heterocycles. The lowest BCUT2D eigenvalue weighted by Gasteiger charge is -2.18. The van der Waals surface area contributed by atoms with Gasteiger partial charge in [0.25, 0.3) is 5.91 Å². The number of rotatable bonds is 5. The molecule has 1 amide bonds. The molecule has 0 bridgehead atoms. The Kier molecular flexibility index (Phi) is 4.99. The second-order valence-electron chi connectivity index (χ2n) is 5.31. The molecule has 0 aliphatic rings. The van der Waals surface area contributed by atoms with Crippen LogP contribution < -0.4 is 10.1 Å². The lowest BCUT2D eigenvalue weighted by molar-refractivity contribution is -0.122. The Morgan fingerprint density at radius 3 is 2.24 bits per heavy atom. The smallest absolute Gasteiger partial charge is 0.265 e. The fourth-order valence-corrected chi connectivity index (χ4v) is 2.07. The van der Waals surface area contributed by atoms with Gasteiger partial charge in [0.05, 0.1) is 0 Å². The van der Waals surface area contributed by atoms with E-state index in [1.807, 2.05) is 54.6 Å². The molecule has 21 heavy (non-hydrogen) atoms. The fraction of sp³-hybridized carbons (Fsp3) is 0.278. The van der Waals surface area contributed by atoms with Crippen molar-refractivity contribution in [3.63, 3.8) is 0 Å². The predicted molar refractivity (Wildman–Crippen MR) is 85.7 cm³/mol. The van der Waals surface area contributed by atoms with Crippen molar-refractivity contribution >= 4 is 11.6 Å². The van der Waals surface area contributed by atoms with E-state index in [1.54, 1.807) is 6.92 Å². The summed E-state index contributed by atoms with van der Waals surface area (Å²) in [5.74, 6) is 0.966. The van der Waals surface area contributed by atoms with Crippen LogP contribution in [0.15, 0.2) is 54.6 Å². The van der Waals surface area contributed by atoms with Gasteiger partial charge in [0.1, 0.15) is 5.75 Å². The first-order chi connectivity index (χ1) is 10.1. The number of anilines is 1. The average molecular weight is 283 g/mol. The zero-order chi connectivity index (χ0) is 15.2. The van der Waals surface area contributed by atoms with E-state index in [2.05, 4.69) is 19.2 Å². The van der Waals surface area contributed by atoms with E-state index in [4.69, 9.17) is 4.74 Å². The second-order valence-corrected chi connectivity index (χ2v) is 5.31. The minimum Gasteiger partial charge on any atom is -0.481 e. The van der Waals surface area contributed by atoms with Crippen molar-refractivity contribution in [2.24, 2.45) is 0 Å². The number of carbonyl (C=O) groups excluding carboxylic acids is 1. The van der Waals surface area contributed by atoms with Crippen LogP contribution in [-0.2, 0) is 4.79 Å². The van der Waals surface area contributed by atoms with Gasteiger partial charge in [-0.3, -0.25) is 4.79 Å². The van der Waals surface area contributed by atoms with Gasteiger partial charge in [0.2, 0.25) is 0 Å². The summed E-state index contributed by atoms with van der Waals surface area (Å²) < 4.78 is 5.83. The number of amides is 1. The average Bonchev–Trinajstić information content (AvgIpc) is 2.48. The zero-order valence-electron chi connectivity index (χ0n) is 12.7. The molecule has 0 spiro atoms. The SMILES string of the molecule is CC(C)c1ccccc1O[C@H](C)C(=O)Nc1ccccc1. The zero-order valence-corrected chi connectivity index (χ0v) is 12.7. The molecule has 2 aromatic rings. The first kappa shape index (κ1) is 15.1. The van der Waals surface area contributed by atoms with Gasteiger partial charge in [-0.15, -0.1) is 0 Å². The number of carbonyl (C=O) groups is 1. The van der Waals surface area contributed by atoms with Crippen LogP contribution >= 0.6 is 0 Å². The molecule has 2 aromatic carbocycles. The molecule has 2 rings (SSSR count). The van der Waals surface area contributed by atoms with Crippen LogP contribution in [0.1, 0.15) is 32.3 Å². The third kappa shape index (κ3) is 4.09. The minimum absolute atomic E-state index is 0.153. The second kappa shape index (κ2) is 6.93. The van der Waals surface area contributed by atoms with Crippen molar-refractivity contribution < 1.29 is 9.53 Å². The molecule has 0 fully saturated rings. The molecule has 110 valence electrons. The van der Waals surface area contributed by atoms with Crippen LogP contribution in [0, 0.1) is 0 Å². The van der Waals surface area contributed by atoms with E-state index in [9.17, 15) is 4.79 Å². The predicted octanol–water partition coefficient (Wildman–Crippen LogP) is 4.22. The highest BCUT2D eigenvalue weighted by Crippen LogP contribution is 2.26. The van der Waals surface area contributed by atoms with E-state index >= 15 is 0 Å². The van der Waals surface area contributed by atoms with Crippen LogP contribution in [0.3, 0.4) is 0 Å². The summed E-state index contributed by atoms with van der Waals surface area (Å²) >= 11 is 0. The summed E-state index contributed by atoms with van der Waals surface area (Å²) in [6.45, 7) is 5.98. The van der Waals surface area contributed by atoms with Crippen LogP contribution in [0.2, 0.25) is 0 Å². The highest BCUT2D eigenvalue weighted by Gasteiger charge is 2.17. The molecule has 3 nitrogen and oxygen atoms in total. The van der Waals surface area contributed by atoms with E-state index in [-0.39, 0.29) is 5.91 Å². The van der Waals surface area contributed by atoms with Crippen molar-refractivity contribution in [1.82, 2.24) is 0 Å². The van der Waals surface area contributed by atoms with E-state index in [0.717, 1.165) is 17.0 Å². The lowest BCUT2D eigenvalue weighted by atomic mass is 10.0. The third-order valence-electron chi connectivity index (χ3n) is 3.26. The molecule has 1 atom stereocenters. The first-order valence-electron chi connectivity index (χ1n) is 7.19. The number of benzene rings is 2. The van der Waals surface area contributed by atoms with Crippen molar-refractivity contribution in [2.45, 2.75) is 32.8 Å². The summed E-state index contributed by atoms with van der Waals surface area (Å²) in [6, 6.07) is 17.2. The number of hydrogen-bond donors (Lipinski definition) is 1. The molecule has 0 saturated heterocycles. The minimum atomic E-state index is -0.551. The Bertz CT molecular complexity index is 593. The van der Waals surface area contributed by atoms with Crippen molar-refractivity contribution in [1.29, 1.82) is 0 Å². The van der Waals surface area contributed by atoms with Gasteiger partial charge in [-0.2, -0.15) is 0 Å². The molecule has 1 N–H and O–H groups in total. The maximum absolute atomic E-state index is 12.2. The summed E-state index contributed by atoms with van der Waals surface area (Å²) in [5.41, 5.74) is 1.88. The van der Waals surface area contributed by atoms with Gasteiger partial charge in [-0.25, -0.2) is 0 Å². The van der Waals surface area contributed by atoms with Crippen LogP contribution in [0.25, 0.3) is 0 Å². The van der Waals surface area contributed by atoms with E-state index in [0.29, 0.717) is 5.92 Å². The first-order valence-corrected chi connectivity index (χ1v) is 7.19. The molecule has 3 heteroatoms. The Balaban J connectivity index is 2.04. The van der Waals surface area contributed by atoms with Crippen molar-refractivity contribution in [3.05, 3.63) is 60.2 Å². The summed E-state index contributed by atoms with van der Waals surface area (Å²) in [7, 11) is 0. The standard InChI is InChI=1S/C18H21NO2/c1-13(2)16-11-7-8-12-17(16)21-14(3)18(20)19-15-9-5-4-6-10-15/h4-14H,1-3H3,(H,19,20)/t14-/m1/s1. The summed E-state index contributed by atoms with van der Waals surface area (Å²) in [4.78, 5) is 12.2. The topological polar surface area (TPSA) is 38.3 Å². The van der Waals surface area contributed by atoms with Gasteiger partial charge < -0.3 is 10.1 Å². The maximum Gasteiger partial charge on any atom is 0.265 e. The van der Waals surface area contributed by atoms with E-state index in [1.165, 1.54) is 0 Å². The Morgan fingerprint density at radius 1 is 0.952 bits per heavy atom. The van der Waals surface area contributed by atoms with Gasteiger partial charge in [0.15, 0.2) is 6.10 Å². The lowest BCUT2D eigenvalue weighted by Crippen LogP contribution is -2.30. The molecule has 0 aliphatic heterocycles. The highest BCUT2D eigenvalue weighted by atomic mass is 16.5. The maximum atomic E-state index is 12.2. The molecular formula is C18H21NO2. The summed E-state index contributed by atoms with van der Waals surface area (Å²) in [6.07, 6.45) is -0.551. The molecule has 0 unspecified atom stereocenters. The largest absolute Gasteiger partial charge is 0.481 e.